The van der Waals surface area contributed by atoms with Crippen LogP contribution in [0.3, 0.4) is 0 Å². The predicted octanol–water partition coefficient (Wildman–Crippen LogP) is 2.20. The summed E-state index contributed by atoms with van der Waals surface area (Å²) in [6.45, 7) is 3.05. The van der Waals surface area contributed by atoms with Gasteiger partial charge in [0.15, 0.2) is 0 Å². The van der Waals surface area contributed by atoms with Crippen molar-refractivity contribution in [3.8, 4) is 5.75 Å². The molecule has 2 atom stereocenters. The number of fused-ring (bicyclic) bond motifs is 1. The smallest absolute Gasteiger partial charge is 0.123 e. The molecule has 1 fully saturated rings. The standard InChI is InChI=1S/C16H23FN2O/c1-19-7-3-2-4-14(19)10-18-11-15-9-12-8-13(17)5-6-16(12)20-15/h5-6,8,14-15,18H,2-4,7,9-11H2,1H3. The Labute approximate surface area is 120 Å². The van der Waals surface area contributed by atoms with Crippen LogP contribution in [0.5, 0.6) is 5.75 Å². The monoisotopic (exact) mass is 278 g/mol. The number of hydrogen-bond donors (Lipinski definition) is 1. The van der Waals surface area contributed by atoms with E-state index in [1.807, 2.05) is 0 Å². The van der Waals surface area contributed by atoms with Gasteiger partial charge < -0.3 is 15.0 Å². The summed E-state index contributed by atoms with van der Waals surface area (Å²) in [5.41, 5.74) is 0.992. The minimum absolute atomic E-state index is 0.140. The Kier molecular flexibility index (Phi) is 4.22. The van der Waals surface area contributed by atoms with Crippen molar-refractivity contribution >= 4 is 0 Å². The number of halogens is 1. The van der Waals surface area contributed by atoms with Crippen LogP contribution < -0.4 is 10.1 Å². The van der Waals surface area contributed by atoms with Crippen LogP contribution in [0.4, 0.5) is 4.39 Å². The Balaban J connectivity index is 1.44. The van der Waals surface area contributed by atoms with Crippen LogP contribution in [0.15, 0.2) is 18.2 Å². The van der Waals surface area contributed by atoms with Crippen molar-refractivity contribution in [3.63, 3.8) is 0 Å². The van der Waals surface area contributed by atoms with E-state index < -0.39 is 0 Å². The van der Waals surface area contributed by atoms with Gasteiger partial charge in [-0.1, -0.05) is 6.42 Å². The lowest BCUT2D eigenvalue weighted by Gasteiger charge is -2.32. The highest BCUT2D eigenvalue weighted by atomic mass is 19.1. The Hall–Kier alpha value is -1.13. The van der Waals surface area contributed by atoms with Crippen LogP contribution in [0.1, 0.15) is 24.8 Å². The van der Waals surface area contributed by atoms with Gasteiger partial charge in [-0.3, -0.25) is 0 Å². The van der Waals surface area contributed by atoms with Crippen molar-refractivity contribution in [1.29, 1.82) is 0 Å². The van der Waals surface area contributed by atoms with Crippen molar-refractivity contribution in [2.75, 3.05) is 26.7 Å². The molecule has 0 amide bonds. The molecular formula is C16H23FN2O. The third-order valence-corrected chi connectivity index (χ3v) is 4.44. The molecule has 2 heterocycles. The second-order valence-corrected chi connectivity index (χ2v) is 5.98. The Morgan fingerprint density at radius 1 is 1.35 bits per heavy atom. The molecular weight excluding hydrogens is 255 g/mol. The molecule has 110 valence electrons. The van der Waals surface area contributed by atoms with E-state index in [1.54, 1.807) is 12.1 Å². The Bertz CT molecular complexity index is 466. The summed E-state index contributed by atoms with van der Waals surface area (Å²) < 4.78 is 19.0. The van der Waals surface area contributed by atoms with Gasteiger partial charge in [-0.2, -0.15) is 0 Å². The molecule has 0 saturated carbocycles. The number of rotatable bonds is 4. The van der Waals surface area contributed by atoms with Crippen LogP contribution in [-0.2, 0) is 6.42 Å². The summed E-state index contributed by atoms with van der Waals surface area (Å²) in [4.78, 5) is 2.44. The molecule has 0 radical (unpaired) electrons. The molecule has 2 aliphatic heterocycles. The van der Waals surface area contributed by atoms with E-state index >= 15 is 0 Å². The molecule has 1 N–H and O–H groups in total. The highest BCUT2D eigenvalue weighted by molar-refractivity contribution is 5.37. The fourth-order valence-electron chi connectivity index (χ4n) is 3.22. The lowest BCUT2D eigenvalue weighted by molar-refractivity contribution is 0.171. The van der Waals surface area contributed by atoms with E-state index in [1.165, 1.54) is 31.9 Å². The highest BCUT2D eigenvalue weighted by Gasteiger charge is 2.24. The molecule has 0 aliphatic carbocycles. The van der Waals surface area contributed by atoms with Crippen molar-refractivity contribution in [2.45, 2.75) is 37.8 Å². The first-order chi connectivity index (χ1) is 9.72. The van der Waals surface area contributed by atoms with Gasteiger partial charge in [0, 0.05) is 31.1 Å². The fraction of sp³-hybridized carbons (Fsp3) is 0.625. The molecule has 20 heavy (non-hydrogen) atoms. The minimum atomic E-state index is -0.176. The van der Waals surface area contributed by atoms with Crippen LogP contribution >= 0.6 is 0 Å². The predicted molar refractivity (Wildman–Crippen MR) is 77.7 cm³/mol. The number of nitrogens with one attached hydrogen (secondary N) is 1. The number of piperidine rings is 1. The van der Waals surface area contributed by atoms with Gasteiger partial charge in [0.2, 0.25) is 0 Å². The largest absolute Gasteiger partial charge is 0.488 e. The maximum atomic E-state index is 13.2. The van der Waals surface area contributed by atoms with E-state index in [9.17, 15) is 4.39 Å². The first-order valence-electron chi connectivity index (χ1n) is 7.58. The van der Waals surface area contributed by atoms with Crippen molar-refractivity contribution in [3.05, 3.63) is 29.6 Å². The van der Waals surface area contributed by atoms with E-state index in [4.69, 9.17) is 4.74 Å². The summed E-state index contributed by atoms with van der Waals surface area (Å²) in [5.74, 6) is 0.665. The van der Waals surface area contributed by atoms with E-state index in [-0.39, 0.29) is 11.9 Å². The highest BCUT2D eigenvalue weighted by Crippen LogP contribution is 2.28. The summed E-state index contributed by atoms with van der Waals surface area (Å²) in [7, 11) is 2.20. The number of nitrogens with zero attached hydrogens (tertiary/aromatic N) is 1. The quantitative estimate of drug-likeness (QED) is 0.914. The second kappa shape index (κ2) is 6.10. The number of likely N-dealkylation sites (N-methyl/N-ethyl adjacent to an activating group) is 1. The zero-order valence-corrected chi connectivity index (χ0v) is 12.1. The minimum Gasteiger partial charge on any atom is -0.488 e. The molecule has 1 aromatic rings. The third kappa shape index (κ3) is 3.13. The van der Waals surface area contributed by atoms with Crippen molar-refractivity contribution < 1.29 is 9.13 Å². The first kappa shape index (κ1) is 13.8. The van der Waals surface area contributed by atoms with Crippen LogP contribution in [0.2, 0.25) is 0 Å². The number of likely N-dealkylation sites (tertiary alicyclic amines) is 1. The first-order valence-corrected chi connectivity index (χ1v) is 7.58. The van der Waals surface area contributed by atoms with Crippen LogP contribution in [0, 0.1) is 5.82 Å². The Morgan fingerprint density at radius 3 is 3.10 bits per heavy atom. The molecule has 4 heteroatoms. The molecule has 1 aromatic carbocycles. The van der Waals surface area contributed by atoms with Gasteiger partial charge in [-0.05, 0) is 44.6 Å². The topological polar surface area (TPSA) is 24.5 Å². The number of benzene rings is 1. The summed E-state index contributed by atoms with van der Waals surface area (Å²) in [6.07, 6.45) is 4.88. The van der Waals surface area contributed by atoms with E-state index in [2.05, 4.69) is 17.3 Å². The Morgan fingerprint density at radius 2 is 2.25 bits per heavy atom. The second-order valence-electron chi connectivity index (χ2n) is 5.98. The summed E-state index contributed by atoms with van der Waals surface area (Å²) in [6, 6.07) is 5.43. The third-order valence-electron chi connectivity index (χ3n) is 4.44. The average Bonchev–Trinajstić information content (AvgIpc) is 2.83. The van der Waals surface area contributed by atoms with Gasteiger partial charge in [0.25, 0.3) is 0 Å². The lowest BCUT2D eigenvalue weighted by atomic mass is 10.0. The maximum absolute atomic E-state index is 13.2. The van der Waals surface area contributed by atoms with Crippen LogP contribution in [0.25, 0.3) is 0 Å². The SMILES string of the molecule is CN1CCCCC1CNCC1Cc2cc(F)ccc2O1. The molecule has 1 saturated heterocycles. The molecule has 0 spiro atoms. The molecule has 2 unspecified atom stereocenters. The van der Waals surface area contributed by atoms with Gasteiger partial charge in [0.1, 0.15) is 17.7 Å². The summed E-state index contributed by atoms with van der Waals surface area (Å²) >= 11 is 0. The van der Waals surface area contributed by atoms with E-state index in [0.717, 1.165) is 30.8 Å². The zero-order valence-electron chi connectivity index (χ0n) is 12.1. The van der Waals surface area contributed by atoms with Gasteiger partial charge in [-0.15, -0.1) is 0 Å². The molecule has 0 aromatic heterocycles. The number of ether oxygens (including phenoxy) is 1. The van der Waals surface area contributed by atoms with Crippen molar-refractivity contribution in [2.24, 2.45) is 0 Å². The normalized spacial score (nSPS) is 26.3. The van der Waals surface area contributed by atoms with E-state index in [0.29, 0.717) is 6.04 Å². The zero-order chi connectivity index (χ0) is 13.9. The number of hydrogen-bond acceptors (Lipinski definition) is 3. The maximum Gasteiger partial charge on any atom is 0.123 e. The van der Waals surface area contributed by atoms with Crippen molar-refractivity contribution in [1.82, 2.24) is 10.2 Å². The van der Waals surface area contributed by atoms with Gasteiger partial charge >= 0.3 is 0 Å². The molecule has 3 rings (SSSR count). The van der Waals surface area contributed by atoms with Crippen LogP contribution in [-0.4, -0.2) is 43.7 Å². The van der Waals surface area contributed by atoms with Gasteiger partial charge in [-0.25, -0.2) is 4.39 Å². The van der Waals surface area contributed by atoms with Gasteiger partial charge in [0.05, 0.1) is 0 Å². The fourth-order valence-corrected chi connectivity index (χ4v) is 3.22. The lowest BCUT2D eigenvalue weighted by Crippen LogP contribution is -2.45. The summed E-state index contributed by atoms with van der Waals surface area (Å²) in [5, 5.41) is 3.52. The average molecular weight is 278 g/mol. The molecule has 3 nitrogen and oxygen atoms in total. The molecule has 2 aliphatic rings. The molecule has 0 bridgehead atoms.